The van der Waals surface area contributed by atoms with Crippen LogP contribution in [0.1, 0.15) is 15.7 Å². The van der Waals surface area contributed by atoms with Gasteiger partial charge in [0.2, 0.25) is 0 Å². The fourth-order valence-electron chi connectivity index (χ4n) is 1.34. The van der Waals surface area contributed by atoms with Crippen molar-refractivity contribution >= 4 is 29.3 Å². The van der Waals surface area contributed by atoms with E-state index in [9.17, 15) is 4.79 Å². The van der Waals surface area contributed by atoms with Gasteiger partial charge in [-0.3, -0.25) is 4.79 Å². The van der Waals surface area contributed by atoms with Crippen LogP contribution in [-0.4, -0.2) is 17.3 Å². The number of ketones is 1. The van der Waals surface area contributed by atoms with E-state index in [2.05, 4.69) is 31.2 Å². The van der Waals surface area contributed by atoms with E-state index in [4.69, 9.17) is 0 Å². The molecule has 14 heavy (non-hydrogen) atoms. The molecule has 0 spiro atoms. The van der Waals surface area contributed by atoms with Gasteiger partial charge in [0.15, 0.2) is 5.78 Å². The quantitative estimate of drug-likeness (QED) is 0.730. The number of Topliss-reactive ketones (excluding diaryl/α,β-unsaturated/α-hetero) is 1. The average molecular weight is 224 g/mol. The van der Waals surface area contributed by atoms with Gasteiger partial charge in [0, 0.05) is 0 Å². The maximum atomic E-state index is 11.1. The molecule has 0 radical (unpaired) electrons. The summed E-state index contributed by atoms with van der Waals surface area (Å²) in [7, 11) is 0. The van der Waals surface area contributed by atoms with Crippen molar-refractivity contribution in [2.45, 2.75) is 11.5 Å². The maximum absolute atomic E-state index is 11.1. The summed E-state index contributed by atoms with van der Waals surface area (Å²) in [5.74, 6) is 1.71. The first-order valence-corrected chi connectivity index (χ1v) is 6.67. The van der Waals surface area contributed by atoms with Crippen LogP contribution in [-0.2, 0) is 4.79 Å². The fraction of sp³-hybridized carbons (Fsp3) is 0.364. The lowest BCUT2D eigenvalue weighted by Gasteiger charge is -2.20. The Morgan fingerprint density at radius 2 is 1.71 bits per heavy atom. The summed E-state index contributed by atoms with van der Waals surface area (Å²) < 4.78 is 0.452. The molecule has 1 nitrogen and oxygen atoms in total. The third kappa shape index (κ3) is 2.34. The number of thioether (sulfide) groups is 2. The minimum Gasteiger partial charge on any atom is -0.298 e. The molecule has 0 atom stereocenters. The van der Waals surface area contributed by atoms with Gasteiger partial charge in [0.1, 0.15) is 0 Å². The lowest BCUT2D eigenvalue weighted by Crippen LogP contribution is -2.12. The van der Waals surface area contributed by atoms with Crippen molar-refractivity contribution in [3.63, 3.8) is 0 Å². The summed E-state index contributed by atoms with van der Waals surface area (Å²) in [4.78, 5) is 11.1. The molecule has 1 aliphatic rings. The van der Waals surface area contributed by atoms with Crippen molar-refractivity contribution < 1.29 is 4.79 Å². The number of carbonyl (C=O) groups is 1. The molecule has 0 aliphatic carbocycles. The molecule has 3 heteroatoms. The maximum Gasteiger partial charge on any atom is 0.152 e. The molecule has 1 aromatic rings. The predicted molar refractivity (Wildman–Crippen MR) is 63.8 cm³/mol. The number of benzene rings is 1. The highest BCUT2D eigenvalue weighted by atomic mass is 32.2. The van der Waals surface area contributed by atoms with Crippen LogP contribution in [0.25, 0.3) is 0 Å². The molecule has 1 aliphatic heterocycles. The Morgan fingerprint density at radius 1 is 1.14 bits per heavy atom. The number of hydrogen-bond acceptors (Lipinski definition) is 3. The molecular weight excluding hydrogens is 212 g/mol. The van der Waals surface area contributed by atoms with Crippen LogP contribution in [0.15, 0.2) is 24.3 Å². The summed E-state index contributed by atoms with van der Waals surface area (Å²) in [5.41, 5.74) is 2.62. The smallest absolute Gasteiger partial charge is 0.152 e. The lowest BCUT2D eigenvalue weighted by molar-refractivity contribution is -0.114. The van der Waals surface area contributed by atoms with Crippen molar-refractivity contribution in [1.29, 1.82) is 0 Å². The van der Waals surface area contributed by atoms with Gasteiger partial charge in [-0.2, -0.15) is 0 Å². The van der Waals surface area contributed by atoms with E-state index < -0.39 is 0 Å². The number of hydrogen-bond donors (Lipinski definition) is 0. The van der Waals surface area contributed by atoms with Crippen LogP contribution in [0.3, 0.4) is 0 Å². The van der Waals surface area contributed by atoms with E-state index in [1.807, 2.05) is 0 Å². The summed E-state index contributed by atoms with van der Waals surface area (Å²) in [6.45, 7) is 2.09. The minimum atomic E-state index is 0.364. The first kappa shape index (κ1) is 10.1. The summed E-state index contributed by atoms with van der Waals surface area (Å²) in [6, 6.07) is 8.59. The van der Waals surface area contributed by atoms with Crippen LogP contribution in [0.5, 0.6) is 0 Å². The highest BCUT2D eigenvalue weighted by Gasteiger charge is 2.20. The van der Waals surface area contributed by atoms with Crippen molar-refractivity contribution in [2.75, 3.05) is 11.5 Å². The molecule has 1 heterocycles. The van der Waals surface area contributed by atoms with Gasteiger partial charge in [-0.15, -0.1) is 23.5 Å². The molecule has 74 valence electrons. The second-order valence-electron chi connectivity index (χ2n) is 3.40. The Bertz CT molecular complexity index is 322. The number of carbonyl (C=O) groups excluding carboxylic acids is 1. The molecule has 2 rings (SSSR count). The average Bonchev–Trinajstić information content (AvgIpc) is 2.21. The normalized spacial score (nSPS) is 18.5. The van der Waals surface area contributed by atoms with Crippen LogP contribution < -0.4 is 0 Å². The topological polar surface area (TPSA) is 17.1 Å². The lowest BCUT2D eigenvalue weighted by atomic mass is 10.2. The number of rotatable bonds is 1. The van der Waals surface area contributed by atoms with Gasteiger partial charge in [-0.1, -0.05) is 29.8 Å². The first-order valence-electron chi connectivity index (χ1n) is 4.57. The monoisotopic (exact) mass is 224 g/mol. The van der Waals surface area contributed by atoms with Crippen LogP contribution in [0.4, 0.5) is 0 Å². The zero-order valence-corrected chi connectivity index (χ0v) is 9.66. The molecule has 0 N–H and O–H groups in total. The summed E-state index contributed by atoms with van der Waals surface area (Å²) in [5, 5.41) is 0. The van der Waals surface area contributed by atoms with E-state index in [1.54, 1.807) is 23.5 Å². The van der Waals surface area contributed by atoms with Crippen molar-refractivity contribution in [3.05, 3.63) is 35.4 Å². The van der Waals surface area contributed by atoms with E-state index in [0.29, 0.717) is 21.9 Å². The van der Waals surface area contributed by atoms with Crippen LogP contribution >= 0.6 is 23.5 Å². The predicted octanol–water partition coefficient (Wildman–Crippen LogP) is 3.04. The molecule has 0 amide bonds. The summed E-state index contributed by atoms with van der Waals surface area (Å²) >= 11 is 3.49. The van der Waals surface area contributed by atoms with Crippen molar-refractivity contribution in [3.8, 4) is 0 Å². The molecule has 0 unspecified atom stereocenters. The first-order chi connectivity index (χ1) is 6.75. The Balaban J connectivity index is 2.08. The SMILES string of the molecule is Cc1ccc(C2SCC(=O)CS2)cc1. The van der Waals surface area contributed by atoms with Gasteiger partial charge in [-0.05, 0) is 12.5 Å². The van der Waals surface area contributed by atoms with Gasteiger partial charge in [0.25, 0.3) is 0 Å². The second kappa shape index (κ2) is 4.41. The fourth-order valence-corrected chi connectivity index (χ4v) is 3.84. The molecule has 1 saturated heterocycles. The van der Waals surface area contributed by atoms with Crippen molar-refractivity contribution in [2.24, 2.45) is 0 Å². The van der Waals surface area contributed by atoms with Gasteiger partial charge < -0.3 is 0 Å². The molecule has 1 fully saturated rings. The van der Waals surface area contributed by atoms with E-state index in [-0.39, 0.29) is 0 Å². The Labute approximate surface area is 92.7 Å². The molecule has 1 aromatic carbocycles. The zero-order valence-electron chi connectivity index (χ0n) is 8.03. The van der Waals surface area contributed by atoms with E-state index in [0.717, 1.165) is 0 Å². The third-order valence-corrected chi connectivity index (χ3v) is 5.08. The zero-order chi connectivity index (χ0) is 9.97. The minimum absolute atomic E-state index is 0.364. The highest BCUT2D eigenvalue weighted by molar-refractivity contribution is 8.18. The van der Waals surface area contributed by atoms with Gasteiger partial charge in [0.05, 0.1) is 16.1 Å². The summed E-state index contributed by atoms with van der Waals surface area (Å²) in [6.07, 6.45) is 0. The number of aryl methyl sites for hydroxylation is 1. The Hall–Kier alpha value is -0.410. The molecule has 0 bridgehead atoms. The van der Waals surface area contributed by atoms with Crippen LogP contribution in [0, 0.1) is 6.92 Å². The third-order valence-electron chi connectivity index (χ3n) is 2.14. The Kier molecular flexibility index (Phi) is 3.19. The Morgan fingerprint density at radius 3 is 2.29 bits per heavy atom. The highest BCUT2D eigenvalue weighted by Crippen LogP contribution is 2.42. The van der Waals surface area contributed by atoms with E-state index >= 15 is 0 Å². The molecule has 0 saturated carbocycles. The molecule has 0 aromatic heterocycles. The standard InChI is InChI=1S/C11H12OS2/c1-8-2-4-9(5-3-8)11-13-6-10(12)7-14-11/h2-5,11H,6-7H2,1H3. The van der Waals surface area contributed by atoms with E-state index in [1.165, 1.54) is 11.1 Å². The largest absolute Gasteiger partial charge is 0.298 e. The van der Waals surface area contributed by atoms with Crippen molar-refractivity contribution in [1.82, 2.24) is 0 Å². The van der Waals surface area contributed by atoms with Crippen LogP contribution in [0.2, 0.25) is 0 Å². The molecular formula is C11H12OS2. The second-order valence-corrected chi connectivity index (χ2v) is 5.89. The van der Waals surface area contributed by atoms with Gasteiger partial charge >= 0.3 is 0 Å². The van der Waals surface area contributed by atoms with Gasteiger partial charge in [-0.25, -0.2) is 0 Å².